The lowest BCUT2D eigenvalue weighted by Crippen LogP contribution is -2.12. The van der Waals surface area contributed by atoms with E-state index in [9.17, 15) is 4.79 Å². The van der Waals surface area contributed by atoms with Crippen LogP contribution in [0.2, 0.25) is 5.02 Å². The van der Waals surface area contributed by atoms with Crippen LogP contribution in [-0.2, 0) is 0 Å². The van der Waals surface area contributed by atoms with Gasteiger partial charge in [-0.2, -0.15) is 0 Å². The van der Waals surface area contributed by atoms with Crippen molar-refractivity contribution < 1.29 is 4.79 Å². The molecule has 0 saturated heterocycles. The largest absolute Gasteiger partial charge is 0.366 e. The Morgan fingerprint density at radius 3 is 2.47 bits per heavy atom. The van der Waals surface area contributed by atoms with Gasteiger partial charge < -0.3 is 10.3 Å². The van der Waals surface area contributed by atoms with Crippen molar-refractivity contribution in [1.82, 2.24) is 4.57 Å². The molecule has 1 aliphatic rings. The zero-order chi connectivity index (χ0) is 13.6. The molecule has 3 rings (SSSR count). The van der Waals surface area contributed by atoms with E-state index in [0.717, 1.165) is 29.8 Å². The third-order valence-corrected chi connectivity index (χ3v) is 3.86. The van der Waals surface area contributed by atoms with Crippen molar-refractivity contribution in [1.29, 1.82) is 0 Å². The average Bonchev–Trinajstić information content (AvgIpc) is 3.14. The summed E-state index contributed by atoms with van der Waals surface area (Å²) < 4.78 is 2.23. The van der Waals surface area contributed by atoms with Crippen molar-refractivity contribution in [2.45, 2.75) is 25.8 Å². The third-order valence-electron chi connectivity index (χ3n) is 3.61. The summed E-state index contributed by atoms with van der Waals surface area (Å²) in [4.78, 5) is 11.5. The summed E-state index contributed by atoms with van der Waals surface area (Å²) in [6, 6.07) is 10.1. The Morgan fingerprint density at radius 1 is 1.32 bits per heavy atom. The van der Waals surface area contributed by atoms with Gasteiger partial charge in [-0.15, -0.1) is 0 Å². The second-order valence-electron chi connectivity index (χ2n) is 5.00. The Labute approximate surface area is 117 Å². The second kappa shape index (κ2) is 4.42. The molecule has 98 valence electrons. The van der Waals surface area contributed by atoms with E-state index in [1.54, 1.807) is 0 Å². The second-order valence-corrected chi connectivity index (χ2v) is 5.44. The number of nitrogens with zero attached hydrogens (tertiary/aromatic N) is 1. The van der Waals surface area contributed by atoms with Gasteiger partial charge in [0.15, 0.2) is 0 Å². The van der Waals surface area contributed by atoms with Crippen molar-refractivity contribution >= 4 is 17.5 Å². The molecule has 4 heteroatoms. The summed E-state index contributed by atoms with van der Waals surface area (Å²) in [5.41, 5.74) is 9.12. The van der Waals surface area contributed by atoms with Gasteiger partial charge in [0.25, 0.3) is 5.91 Å². The molecule has 0 unspecified atom stereocenters. The van der Waals surface area contributed by atoms with Crippen molar-refractivity contribution in [2.24, 2.45) is 5.73 Å². The number of carbonyl (C=O) groups excluding carboxylic acids is 1. The fourth-order valence-corrected chi connectivity index (χ4v) is 2.64. The third kappa shape index (κ3) is 2.15. The van der Waals surface area contributed by atoms with Crippen molar-refractivity contribution in [3.63, 3.8) is 0 Å². The highest BCUT2D eigenvalue weighted by Gasteiger charge is 2.29. The lowest BCUT2D eigenvalue weighted by Gasteiger charge is -2.10. The Kier molecular flexibility index (Phi) is 2.86. The van der Waals surface area contributed by atoms with E-state index >= 15 is 0 Å². The Balaban J connectivity index is 2.16. The van der Waals surface area contributed by atoms with Crippen LogP contribution in [0.15, 0.2) is 30.3 Å². The maximum atomic E-state index is 11.5. The van der Waals surface area contributed by atoms with Crippen LogP contribution in [0.3, 0.4) is 0 Å². The monoisotopic (exact) mass is 274 g/mol. The number of carbonyl (C=O) groups is 1. The highest BCUT2D eigenvalue weighted by Crippen LogP contribution is 2.41. The first kappa shape index (κ1) is 12.3. The van der Waals surface area contributed by atoms with E-state index in [4.69, 9.17) is 17.3 Å². The van der Waals surface area contributed by atoms with Gasteiger partial charge in [-0.1, -0.05) is 23.7 Å². The summed E-state index contributed by atoms with van der Waals surface area (Å²) >= 11 is 5.92. The fourth-order valence-electron chi connectivity index (χ4n) is 2.52. The van der Waals surface area contributed by atoms with Crippen molar-refractivity contribution in [3.8, 4) is 11.3 Å². The molecule has 0 radical (unpaired) electrons. The molecular weight excluding hydrogens is 260 g/mol. The SMILES string of the molecule is Cc1c(C(N)=O)cc(-c2ccc(Cl)cc2)n1C1CC1. The molecule has 1 aliphatic carbocycles. The Bertz CT molecular complexity index is 639. The molecular formula is C15H15ClN2O. The summed E-state index contributed by atoms with van der Waals surface area (Å²) in [5.74, 6) is -0.368. The predicted octanol–water partition coefficient (Wildman–Crippen LogP) is 3.55. The van der Waals surface area contributed by atoms with Crippen LogP contribution in [0, 0.1) is 6.92 Å². The van der Waals surface area contributed by atoms with Crippen LogP contribution in [0.1, 0.15) is 34.9 Å². The number of amides is 1. The van der Waals surface area contributed by atoms with Gasteiger partial charge in [0.2, 0.25) is 0 Å². The van der Waals surface area contributed by atoms with Gasteiger partial charge in [0.1, 0.15) is 0 Å². The number of hydrogen-bond donors (Lipinski definition) is 1. The zero-order valence-corrected chi connectivity index (χ0v) is 11.4. The molecule has 0 spiro atoms. The highest BCUT2D eigenvalue weighted by molar-refractivity contribution is 6.30. The van der Waals surface area contributed by atoms with Gasteiger partial charge in [0.05, 0.1) is 5.56 Å². The van der Waals surface area contributed by atoms with Crippen LogP contribution in [0.4, 0.5) is 0 Å². The molecule has 2 N–H and O–H groups in total. The number of hydrogen-bond acceptors (Lipinski definition) is 1. The maximum Gasteiger partial charge on any atom is 0.250 e. The molecule has 1 saturated carbocycles. The minimum Gasteiger partial charge on any atom is -0.366 e. The number of aromatic nitrogens is 1. The quantitative estimate of drug-likeness (QED) is 0.914. The van der Waals surface area contributed by atoms with E-state index < -0.39 is 0 Å². The summed E-state index contributed by atoms with van der Waals surface area (Å²) in [5, 5.41) is 0.708. The van der Waals surface area contributed by atoms with E-state index in [-0.39, 0.29) is 5.91 Å². The number of rotatable bonds is 3. The molecule has 0 aliphatic heterocycles. The molecule has 3 nitrogen and oxygen atoms in total. The first-order chi connectivity index (χ1) is 9.08. The Morgan fingerprint density at radius 2 is 1.95 bits per heavy atom. The van der Waals surface area contributed by atoms with Crippen molar-refractivity contribution in [3.05, 3.63) is 46.6 Å². The average molecular weight is 275 g/mol. The molecule has 0 bridgehead atoms. The molecule has 1 aromatic carbocycles. The van der Waals surface area contributed by atoms with Crippen molar-refractivity contribution in [2.75, 3.05) is 0 Å². The van der Waals surface area contributed by atoms with E-state index in [0.29, 0.717) is 16.6 Å². The minimum absolute atomic E-state index is 0.368. The van der Waals surface area contributed by atoms with Gasteiger partial charge in [-0.3, -0.25) is 4.79 Å². The summed E-state index contributed by atoms with van der Waals surface area (Å²) in [6.45, 7) is 1.96. The van der Waals surface area contributed by atoms with Gasteiger partial charge in [-0.25, -0.2) is 0 Å². The molecule has 0 atom stereocenters. The van der Waals surface area contributed by atoms with Crippen LogP contribution in [-0.4, -0.2) is 10.5 Å². The first-order valence-electron chi connectivity index (χ1n) is 6.35. The fraction of sp³-hybridized carbons (Fsp3) is 0.267. The lowest BCUT2D eigenvalue weighted by molar-refractivity contribution is 0.0999. The van der Waals surface area contributed by atoms with E-state index in [1.165, 1.54) is 0 Å². The van der Waals surface area contributed by atoms with Gasteiger partial charge >= 0.3 is 0 Å². The summed E-state index contributed by atoms with van der Waals surface area (Å²) in [6.07, 6.45) is 2.32. The smallest absolute Gasteiger partial charge is 0.250 e. The molecule has 1 fully saturated rings. The highest BCUT2D eigenvalue weighted by atomic mass is 35.5. The van der Waals surface area contributed by atoms with E-state index in [1.807, 2.05) is 37.3 Å². The molecule has 1 amide bonds. The number of primary amides is 1. The van der Waals surface area contributed by atoms with E-state index in [2.05, 4.69) is 4.57 Å². The summed E-state index contributed by atoms with van der Waals surface area (Å²) in [7, 11) is 0. The molecule has 1 aromatic heterocycles. The molecule has 19 heavy (non-hydrogen) atoms. The molecule has 2 aromatic rings. The lowest BCUT2D eigenvalue weighted by atomic mass is 10.1. The molecule has 1 heterocycles. The van der Waals surface area contributed by atoms with Gasteiger partial charge in [-0.05, 0) is 43.5 Å². The predicted molar refractivity (Wildman–Crippen MR) is 76.4 cm³/mol. The maximum absolute atomic E-state index is 11.5. The first-order valence-corrected chi connectivity index (χ1v) is 6.73. The minimum atomic E-state index is -0.368. The standard InChI is InChI=1S/C15H15ClN2O/c1-9-13(15(17)19)8-14(18(9)12-6-7-12)10-2-4-11(16)5-3-10/h2-5,8,12H,6-7H2,1H3,(H2,17,19). The van der Waals surface area contributed by atoms with Crippen LogP contribution in [0.25, 0.3) is 11.3 Å². The topological polar surface area (TPSA) is 48.0 Å². The zero-order valence-electron chi connectivity index (χ0n) is 10.7. The Hall–Kier alpha value is -1.74. The normalized spacial score (nSPS) is 14.6. The van der Waals surface area contributed by atoms with Crippen LogP contribution < -0.4 is 5.73 Å². The number of halogens is 1. The number of nitrogens with two attached hydrogens (primary N) is 1. The van der Waals surface area contributed by atoms with Crippen LogP contribution in [0.5, 0.6) is 0 Å². The number of benzene rings is 1. The van der Waals surface area contributed by atoms with Gasteiger partial charge in [0, 0.05) is 22.5 Å². The van der Waals surface area contributed by atoms with Crippen LogP contribution >= 0.6 is 11.6 Å².